The Morgan fingerprint density at radius 1 is 1.53 bits per heavy atom. The highest BCUT2D eigenvalue weighted by Crippen LogP contribution is 2.10. The molecule has 1 aromatic heterocycles. The van der Waals surface area contributed by atoms with E-state index in [1.807, 2.05) is 18.0 Å². The molecule has 0 aromatic carbocycles. The second-order valence-corrected chi connectivity index (χ2v) is 5.51. The molecule has 0 saturated carbocycles. The lowest BCUT2D eigenvalue weighted by Gasteiger charge is -2.09. The van der Waals surface area contributed by atoms with E-state index in [0.29, 0.717) is 0 Å². The Kier molecular flexibility index (Phi) is 9.94. The maximum absolute atomic E-state index is 4.29. The van der Waals surface area contributed by atoms with Gasteiger partial charge < -0.3 is 10.6 Å². The molecule has 0 bridgehead atoms. The predicted molar refractivity (Wildman–Crippen MR) is 88.8 cm³/mol. The smallest absolute Gasteiger partial charge is 0.191 e. The Morgan fingerprint density at radius 2 is 2.29 bits per heavy atom. The van der Waals surface area contributed by atoms with Crippen molar-refractivity contribution in [3.05, 3.63) is 16.1 Å². The molecule has 2 N–H and O–H groups in total. The minimum absolute atomic E-state index is 0. The molecule has 0 aliphatic carbocycles. The Morgan fingerprint density at radius 3 is 2.82 bits per heavy atom. The van der Waals surface area contributed by atoms with Gasteiger partial charge in [-0.15, -0.1) is 35.3 Å². The molecule has 17 heavy (non-hydrogen) atoms. The number of halogens is 1. The van der Waals surface area contributed by atoms with Gasteiger partial charge in [-0.2, -0.15) is 11.8 Å². The Labute approximate surface area is 128 Å². The van der Waals surface area contributed by atoms with Crippen LogP contribution in [-0.2, 0) is 6.54 Å². The third-order valence-electron chi connectivity index (χ3n) is 1.90. The Balaban J connectivity index is 0.00000256. The fraction of sp³-hybridized carbons (Fsp3) is 0.600. The second-order valence-electron chi connectivity index (χ2n) is 3.21. The molecule has 1 rings (SSSR count). The van der Waals surface area contributed by atoms with E-state index < -0.39 is 0 Å². The Bertz CT molecular complexity index is 341. The van der Waals surface area contributed by atoms with Crippen molar-refractivity contribution in [3.63, 3.8) is 0 Å². The number of aromatic nitrogens is 1. The van der Waals surface area contributed by atoms with Crippen molar-refractivity contribution in [2.24, 2.45) is 4.99 Å². The molecular weight excluding hydrogens is 367 g/mol. The fourth-order valence-electron chi connectivity index (χ4n) is 1.13. The van der Waals surface area contributed by atoms with Crippen LogP contribution >= 0.6 is 47.1 Å². The quantitative estimate of drug-likeness (QED) is 0.352. The number of aliphatic imine (C=N–C) groups is 1. The SMILES string of the molecule is CN=C(NCCSC)NCc1ncc(C)s1.I. The third kappa shape index (κ3) is 7.10. The number of rotatable bonds is 5. The van der Waals surface area contributed by atoms with E-state index in [1.165, 1.54) is 4.88 Å². The van der Waals surface area contributed by atoms with Gasteiger partial charge in [0.2, 0.25) is 0 Å². The van der Waals surface area contributed by atoms with E-state index in [0.717, 1.165) is 29.8 Å². The van der Waals surface area contributed by atoms with Gasteiger partial charge in [-0.25, -0.2) is 4.98 Å². The Hall–Kier alpha value is -0.0200. The van der Waals surface area contributed by atoms with Crippen LogP contribution in [-0.4, -0.2) is 36.5 Å². The summed E-state index contributed by atoms with van der Waals surface area (Å²) in [5, 5.41) is 7.57. The molecule has 7 heteroatoms. The maximum Gasteiger partial charge on any atom is 0.191 e. The summed E-state index contributed by atoms with van der Waals surface area (Å²) in [4.78, 5) is 9.67. The average molecular weight is 386 g/mol. The fourth-order valence-corrected chi connectivity index (χ4v) is 2.17. The maximum atomic E-state index is 4.29. The summed E-state index contributed by atoms with van der Waals surface area (Å²) in [6.07, 6.45) is 3.99. The van der Waals surface area contributed by atoms with Crippen LogP contribution in [0.3, 0.4) is 0 Å². The minimum atomic E-state index is 0. The van der Waals surface area contributed by atoms with Crippen LogP contribution in [0.15, 0.2) is 11.2 Å². The number of hydrogen-bond donors (Lipinski definition) is 2. The van der Waals surface area contributed by atoms with Gasteiger partial charge in [0.05, 0.1) is 6.54 Å². The molecule has 0 radical (unpaired) electrons. The lowest BCUT2D eigenvalue weighted by molar-refractivity contribution is 0.827. The van der Waals surface area contributed by atoms with Gasteiger partial charge in [-0.05, 0) is 13.2 Å². The molecule has 98 valence electrons. The summed E-state index contributed by atoms with van der Waals surface area (Å²) in [6, 6.07) is 0. The molecule has 0 unspecified atom stereocenters. The molecule has 0 spiro atoms. The van der Waals surface area contributed by atoms with Crippen LogP contribution in [0.25, 0.3) is 0 Å². The summed E-state index contributed by atoms with van der Waals surface area (Å²) < 4.78 is 0. The van der Waals surface area contributed by atoms with Gasteiger partial charge in [0, 0.05) is 30.4 Å². The molecule has 0 atom stereocenters. The predicted octanol–water partition coefficient (Wildman–Crippen LogP) is 2.10. The van der Waals surface area contributed by atoms with E-state index in [4.69, 9.17) is 0 Å². The summed E-state index contributed by atoms with van der Waals surface area (Å²) in [7, 11) is 1.78. The van der Waals surface area contributed by atoms with E-state index >= 15 is 0 Å². The van der Waals surface area contributed by atoms with Crippen LogP contribution in [0, 0.1) is 6.92 Å². The normalized spacial score (nSPS) is 10.9. The monoisotopic (exact) mass is 386 g/mol. The summed E-state index contributed by atoms with van der Waals surface area (Å²) >= 11 is 3.52. The zero-order chi connectivity index (χ0) is 11.8. The topological polar surface area (TPSA) is 49.3 Å². The average Bonchev–Trinajstić information content (AvgIpc) is 2.69. The second kappa shape index (κ2) is 9.95. The lowest BCUT2D eigenvalue weighted by atomic mass is 10.6. The number of aryl methyl sites for hydroxylation is 1. The summed E-state index contributed by atoms with van der Waals surface area (Å²) in [5.74, 6) is 1.92. The van der Waals surface area contributed by atoms with Crippen molar-refractivity contribution < 1.29 is 0 Å². The van der Waals surface area contributed by atoms with Crippen molar-refractivity contribution in [2.45, 2.75) is 13.5 Å². The van der Waals surface area contributed by atoms with Crippen LogP contribution < -0.4 is 10.6 Å². The van der Waals surface area contributed by atoms with Crippen LogP contribution in [0.4, 0.5) is 0 Å². The van der Waals surface area contributed by atoms with Gasteiger partial charge in [-0.3, -0.25) is 4.99 Å². The van der Waals surface area contributed by atoms with Crippen LogP contribution in [0.2, 0.25) is 0 Å². The van der Waals surface area contributed by atoms with Crippen LogP contribution in [0.1, 0.15) is 9.88 Å². The van der Waals surface area contributed by atoms with Crippen molar-refractivity contribution in [1.82, 2.24) is 15.6 Å². The molecule has 0 aliphatic heterocycles. The molecular formula is C10H19IN4S2. The number of guanidine groups is 1. The third-order valence-corrected chi connectivity index (χ3v) is 3.42. The highest BCUT2D eigenvalue weighted by molar-refractivity contribution is 14.0. The number of thioether (sulfide) groups is 1. The standard InChI is InChI=1S/C10H18N4S2.HI/c1-8-6-13-9(16-8)7-14-10(11-2)12-4-5-15-3;/h6H,4-5,7H2,1-3H3,(H2,11,12,14);1H. The van der Waals surface area contributed by atoms with E-state index in [1.54, 1.807) is 18.4 Å². The molecule has 1 aromatic rings. The van der Waals surface area contributed by atoms with Gasteiger partial charge in [0.1, 0.15) is 5.01 Å². The largest absolute Gasteiger partial charge is 0.356 e. The van der Waals surface area contributed by atoms with Crippen molar-refractivity contribution in [2.75, 3.05) is 25.6 Å². The number of nitrogens with zero attached hydrogens (tertiary/aromatic N) is 2. The van der Waals surface area contributed by atoms with E-state index in [-0.39, 0.29) is 24.0 Å². The first kappa shape index (κ1) is 17.0. The highest BCUT2D eigenvalue weighted by Gasteiger charge is 2.00. The van der Waals surface area contributed by atoms with Crippen LogP contribution in [0.5, 0.6) is 0 Å². The first-order valence-corrected chi connectivity index (χ1v) is 7.32. The number of nitrogens with one attached hydrogen (secondary N) is 2. The molecule has 1 heterocycles. The summed E-state index contributed by atoms with van der Waals surface area (Å²) in [5.41, 5.74) is 0. The van der Waals surface area contributed by atoms with Gasteiger partial charge in [-0.1, -0.05) is 0 Å². The van der Waals surface area contributed by atoms with E-state index in [2.05, 4.69) is 33.8 Å². The molecule has 0 amide bonds. The van der Waals surface area contributed by atoms with Gasteiger partial charge >= 0.3 is 0 Å². The molecule has 0 aliphatic rings. The van der Waals surface area contributed by atoms with E-state index in [9.17, 15) is 0 Å². The highest BCUT2D eigenvalue weighted by atomic mass is 127. The molecule has 4 nitrogen and oxygen atoms in total. The minimum Gasteiger partial charge on any atom is -0.356 e. The van der Waals surface area contributed by atoms with Crippen molar-refractivity contribution in [1.29, 1.82) is 0 Å². The lowest BCUT2D eigenvalue weighted by Crippen LogP contribution is -2.37. The zero-order valence-electron chi connectivity index (χ0n) is 10.3. The van der Waals surface area contributed by atoms with Crippen molar-refractivity contribution >= 4 is 53.0 Å². The molecule has 0 fully saturated rings. The summed E-state index contributed by atoms with van der Waals surface area (Å²) in [6.45, 7) is 3.72. The number of thiazole rings is 1. The zero-order valence-corrected chi connectivity index (χ0v) is 14.3. The van der Waals surface area contributed by atoms with Crippen molar-refractivity contribution in [3.8, 4) is 0 Å². The number of hydrogen-bond acceptors (Lipinski definition) is 4. The van der Waals surface area contributed by atoms with Gasteiger partial charge in [0.25, 0.3) is 0 Å². The van der Waals surface area contributed by atoms with Gasteiger partial charge in [0.15, 0.2) is 5.96 Å². The first-order valence-electron chi connectivity index (χ1n) is 5.11. The molecule has 0 saturated heterocycles. The first-order chi connectivity index (χ1) is 7.76.